The van der Waals surface area contributed by atoms with Crippen LogP contribution in [0.1, 0.15) is 39.5 Å². The maximum Gasteiger partial charge on any atom is 0.0594 e. The number of ether oxygens (including phenoxy) is 1. The lowest BCUT2D eigenvalue weighted by Crippen LogP contribution is -2.45. The van der Waals surface area contributed by atoms with Crippen LogP contribution in [0, 0.1) is 11.8 Å². The summed E-state index contributed by atoms with van der Waals surface area (Å²) < 4.78 is 5.41. The lowest BCUT2D eigenvalue weighted by Gasteiger charge is -2.39. The standard InChI is InChI=1S/C13H25NO/c1-11(2)12-3-5-13(6-4-12)14-7-9-15-10-8-14/h11-13H,3-10H2,1-2H3. The predicted octanol–water partition coefficient (Wildman–Crippen LogP) is 2.53. The van der Waals surface area contributed by atoms with E-state index in [9.17, 15) is 0 Å². The van der Waals surface area contributed by atoms with Crippen molar-refractivity contribution in [1.82, 2.24) is 4.90 Å². The molecule has 1 aliphatic heterocycles. The summed E-state index contributed by atoms with van der Waals surface area (Å²) >= 11 is 0. The molecule has 1 aliphatic carbocycles. The van der Waals surface area contributed by atoms with E-state index in [-0.39, 0.29) is 0 Å². The summed E-state index contributed by atoms with van der Waals surface area (Å²) in [6, 6.07) is 0.865. The fraction of sp³-hybridized carbons (Fsp3) is 1.00. The molecule has 2 fully saturated rings. The van der Waals surface area contributed by atoms with Gasteiger partial charge < -0.3 is 4.74 Å². The van der Waals surface area contributed by atoms with Crippen LogP contribution in [0.3, 0.4) is 0 Å². The highest BCUT2D eigenvalue weighted by Gasteiger charge is 2.27. The lowest BCUT2D eigenvalue weighted by molar-refractivity contribution is 0.00308. The zero-order chi connectivity index (χ0) is 10.7. The van der Waals surface area contributed by atoms with Crippen LogP contribution >= 0.6 is 0 Å². The molecule has 2 heteroatoms. The molecule has 0 atom stereocenters. The summed E-state index contributed by atoms with van der Waals surface area (Å²) in [5, 5.41) is 0. The first-order valence-electron chi connectivity index (χ1n) is 6.59. The van der Waals surface area contributed by atoms with Gasteiger partial charge in [-0.05, 0) is 37.5 Å². The first-order chi connectivity index (χ1) is 7.27. The van der Waals surface area contributed by atoms with Crippen molar-refractivity contribution in [1.29, 1.82) is 0 Å². The largest absolute Gasteiger partial charge is 0.379 e. The minimum absolute atomic E-state index is 0.865. The highest BCUT2D eigenvalue weighted by molar-refractivity contribution is 4.81. The van der Waals surface area contributed by atoms with Gasteiger partial charge in [0.05, 0.1) is 13.2 Å². The number of morpholine rings is 1. The SMILES string of the molecule is CC(C)C1CCC(N2CCOCC2)CC1. The van der Waals surface area contributed by atoms with Crippen molar-refractivity contribution in [2.75, 3.05) is 26.3 Å². The Labute approximate surface area is 94.0 Å². The van der Waals surface area contributed by atoms with Crippen LogP contribution in [0.4, 0.5) is 0 Å². The summed E-state index contributed by atoms with van der Waals surface area (Å²) in [6.07, 6.45) is 5.73. The zero-order valence-electron chi connectivity index (χ0n) is 10.2. The van der Waals surface area contributed by atoms with Gasteiger partial charge in [0.25, 0.3) is 0 Å². The second kappa shape index (κ2) is 5.31. The van der Waals surface area contributed by atoms with E-state index in [1.165, 1.54) is 25.7 Å². The highest BCUT2D eigenvalue weighted by atomic mass is 16.5. The molecule has 1 saturated heterocycles. The first kappa shape index (κ1) is 11.4. The van der Waals surface area contributed by atoms with Crippen LogP contribution in [0.5, 0.6) is 0 Å². The molecule has 0 aromatic rings. The Balaban J connectivity index is 1.77. The number of rotatable bonds is 2. The first-order valence-corrected chi connectivity index (χ1v) is 6.59. The van der Waals surface area contributed by atoms with E-state index in [1.807, 2.05) is 0 Å². The molecule has 0 amide bonds. The summed E-state index contributed by atoms with van der Waals surface area (Å²) in [4.78, 5) is 2.65. The van der Waals surface area contributed by atoms with E-state index in [0.717, 1.165) is 44.2 Å². The molecule has 0 unspecified atom stereocenters. The predicted molar refractivity (Wildman–Crippen MR) is 63.0 cm³/mol. The molecule has 1 heterocycles. The molecule has 88 valence electrons. The van der Waals surface area contributed by atoms with E-state index in [2.05, 4.69) is 18.7 Å². The molecule has 2 rings (SSSR count). The van der Waals surface area contributed by atoms with E-state index in [1.54, 1.807) is 0 Å². The van der Waals surface area contributed by atoms with Crippen molar-refractivity contribution in [3.8, 4) is 0 Å². The van der Waals surface area contributed by atoms with Gasteiger partial charge in [-0.15, -0.1) is 0 Å². The molecule has 2 nitrogen and oxygen atoms in total. The van der Waals surface area contributed by atoms with Gasteiger partial charge in [0.2, 0.25) is 0 Å². The van der Waals surface area contributed by atoms with Gasteiger partial charge in [-0.3, -0.25) is 4.90 Å². The molecule has 0 spiro atoms. The Kier molecular flexibility index (Phi) is 4.04. The Hall–Kier alpha value is -0.0800. The van der Waals surface area contributed by atoms with Crippen LogP contribution in [0.15, 0.2) is 0 Å². The van der Waals surface area contributed by atoms with Crippen molar-refractivity contribution < 1.29 is 4.74 Å². The average molecular weight is 211 g/mol. The third-order valence-electron chi connectivity index (χ3n) is 4.25. The van der Waals surface area contributed by atoms with Crippen molar-refractivity contribution in [2.45, 2.75) is 45.6 Å². The lowest BCUT2D eigenvalue weighted by atomic mass is 9.79. The smallest absolute Gasteiger partial charge is 0.0594 e. The van der Waals surface area contributed by atoms with Crippen molar-refractivity contribution in [3.05, 3.63) is 0 Å². The third-order valence-corrected chi connectivity index (χ3v) is 4.25. The van der Waals surface area contributed by atoms with Crippen molar-refractivity contribution in [2.24, 2.45) is 11.8 Å². The molecule has 1 saturated carbocycles. The van der Waals surface area contributed by atoms with E-state index in [4.69, 9.17) is 4.74 Å². The monoisotopic (exact) mass is 211 g/mol. The maximum absolute atomic E-state index is 5.41. The molecule has 0 aromatic heterocycles. The summed E-state index contributed by atoms with van der Waals surface area (Å²) in [6.45, 7) is 8.97. The van der Waals surface area contributed by atoms with Gasteiger partial charge in [0.1, 0.15) is 0 Å². The van der Waals surface area contributed by atoms with Crippen LogP contribution in [-0.4, -0.2) is 37.2 Å². The molecular weight excluding hydrogens is 186 g/mol. The number of nitrogens with zero attached hydrogens (tertiary/aromatic N) is 1. The van der Waals surface area contributed by atoms with Crippen LogP contribution in [0.25, 0.3) is 0 Å². The Morgan fingerprint density at radius 1 is 1.00 bits per heavy atom. The quantitative estimate of drug-likeness (QED) is 0.696. The molecule has 0 N–H and O–H groups in total. The van der Waals surface area contributed by atoms with Gasteiger partial charge in [-0.1, -0.05) is 13.8 Å². The maximum atomic E-state index is 5.41. The van der Waals surface area contributed by atoms with E-state index in [0.29, 0.717) is 0 Å². The van der Waals surface area contributed by atoms with Crippen LogP contribution < -0.4 is 0 Å². The molecule has 0 aromatic carbocycles. The Bertz CT molecular complexity index is 179. The summed E-state index contributed by atoms with van der Waals surface area (Å²) in [5.41, 5.74) is 0. The number of hydrogen-bond donors (Lipinski definition) is 0. The average Bonchev–Trinajstić information content (AvgIpc) is 2.30. The summed E-state index contributed by atoms with van der Waals surface area (Å²) in [5.74, 6) is 1.87. The minimum Gasteiger partial charge on any atom is -0.379 e. The minimum atomic E-state index is 0.865. The van der Waals surface area contributed by atoms with Crippen molar-refractivity contribution in [3.63, 3.8) is 0 Å². The van der Waals surface area contributed by atoms with Gasteiger partial charge in [-0.25, -0.2) is 0 Å². The highest BCUT2D eigenvalue weighted by Crippen LogP contribution is 2.32. The van der Waals surface area contributed by atoms with Gasteiger partial charge >= 0.3 is 0 Å². The van der Waals surface area contributed by atoms with Gasteiger partial charge in [-0.2, -0.15) is 0 Å². The molecular formula is C13H25NO. The van der Waals surface area contributed by atoms with Crippen molar-refractivity contribution >= 4 is 0 Å². The second-order valence-electron chi connectivity index (χ2n) is 5.46. The Morgan fingerprint density at radius 3 is 2.13 bits per heavy atom. The fourth-order valence-corrected chi connectivity index (χ4v) is 3.08. The summed E-state index contributed by atoms with van der Waals surface area (Å²) in [7, 11) is 0. The normalized spacial score (nSPS) is 34.6. The van der Waals surface area contributed by atoms with E-state index < -0.39 is 0 Å². The van der Waals surface area contributed by atoms with E-state index >= 15 is 0 Å². The third kappa shape index (κ3) is 2.94. The molecule has 0 bridgehead atoms. The molecule has 2 aliphatic rings. The zero-order valence-corrected chi connectivity index (χ0v) is 10.2. The van der Waals surface area contributed by atoms with Crippen LogP contribution in [-0.2, 0) is 4.74 Å². The second-order valence-corrected chi connectivity index (χ2v) is 5.46. The van der Waals surface area contributed by atoms with Crippen LogP contribution in [0.2, 0.25) is 0 Å². The fourth-order valence-electron chi connectivity index (χ4n) is 3.08. The topological polar surface area (TPSA) is 12.5 Å². The Morgan fingerprint density at radius 2 is 1.60 bits per heavy atom. The van der Waals surface area contributed by atoms with Gasteiger partial charge in [0.15, 0.2) is 0 Å². The molecule has 0 radical (unpaired) electrons. The van der Waals surface area contributed by atoms with Gasteiger partial charge in [0, 0.05) is 19.1 Å². The molecule has 15 heavy (non-hydrogen) atoms. The number of hydrogen-bond acceptors (Lipinski definition) is 2.